The quantitative estimate of drug-likeness (QED) is 0.266. The largest absolute Gasteiger partial charge is 0.872 e. The summed E-state index contributed by atoms with van der Waals surface area (Å²) in [5, 5.41) is 23.5. The fraction of sp³-hybridized carbons (Fsp3) is 0.267. The molecule has 1 saturated heterocycles. The minimum absolute atomic E-state index is 0.0612. The van der Waals surface area contributed by atoms with Crippen molar-refractivity contribution >= 4 is 17.4 Å². The lowest BCUT2D eigenvalue weighted by atomic mass is 9.93. The van der Waals surface area contributed by atoms with Crippen molar-refractivity contribution in [3.8, 4) is 11.5 Å². The number of benzene rings is 3. The summed E-state index contributed by atoms with van der Waals surface area (Å²) in [5.74, 6) is -1.24. The molecule has 4 rings (SSSR count). The number of phenols is 1. The summed E-state index contributed by atoms with van der Waals surface area (Å²) < 4.78 is 5.88. The van der Waals surface area contributed by atoms with E-state index in [-0.39, 0.29) is 11.3 Å². The molecule has 0 spiro atoms. The molecular weight excluding hydrogens is 468 g/mol. The fourth-order valence-electron chi connectivity index (χ4n) is 4.57. The Balaban J connectivity index is 1.68. The molecule has 2 N–H and O–H groups in total. The first kappa shape index (κ1) is 26.0. The van der Waals surface area contributed by atoms with E-state index < -0.39 is 23.5 Å². The molecule has 3 aromatic carbocycles. The second kappa shape index (κ2) is 11.3. The Morgan fingerprint density at radius 3 is 2.38 bits per heavy atom. The molecule has 1 atom stereocenters. The van der Waals surface area contributed by atoms with Gasteiger partial charge in [-0.1, -0.05) is 54.3 Å². The number of phenolic OH excluding ortho intramolecular Hbond substituents is 1. The third kappa shape index (κ3) is 5.84. The summed E-state index contributed by atoms with van der Waals surface area (Å²) in [6.07, 6.45) is 0.684. The number of Topliss-reactive ketones (excluding diaryl/α,β-unsaturated/α-hetero) is 1. The van der Waals surface area contributed by atoms with Gasteiger partial charge in [0.1, 0.15) is 18.1 Å². The van der Waals surface area contributed by atoms with E-state index in [9.17, 15) is 19.8 Å². The number of hydrogen-bond donors (Lipinski definition) is 2. The van der Waals surface area contributed by atoms with Crippen LogP contribution in [0.15, 0.2) is 78.4 Å². The van der Waals surface area contributed by atoms with Gasteiger partial charge in [0.15, 0.2) is 0 Å². The number of nitrogens with one attached hydrogen (secondary N) is 1. The number of nitrogens with zero attached hydrogens (tertiary/aromatic N) is 1. The summed E-state index contributed by atoms with van der Waals surface area (Å²) in [6.45, 7) is 3.35. The van der Waals surface area contributed by atoms with Crippen LogP contribution in [0.1, 0.15) is 34.7 Å². The lowest BCUT2D eigenvalue weighted by Gasteiger charge is -2.28. The van der Waals surface area contributed by atoms with Crippen LogP contribution in [0.4, 0.5) is 0 Å². The van der Waals surface area contributed by atoms with Crippen molar-refractivity contribution in [3.05, 3.63) is 101 Å². The summed E-state index contributed by atoms with van der Waals surface area (Å²) >= 11 is 0. The van der Waals surface area contributed by atoms with Gasteiger partial charge < -0.3 is 24.7 Å². The van der Waals surface area contributed by atoms with Gasteiger partial charge in [-0.15, -0.1) is 0 Å². The monoisotopic (exact) mass is 500 g/mol. The molecule has 1 unspecified atom stereocenters. The summed E-state index contributed by atoms with van der Waals surface area (Å²) in [5.41, 5.74) is 2.58. The van der Waals surface area contributed by atoms with Crippen LogP contribution in [0.25, 0.3) is 5.76 Å². The van der Waals surface area contributed by atoms with E-state index in [0.29, 0.717) is 42.0 Å². The van der Waals surface area contributed by atoms with E-state index in [2.05, 4.69) is 0 Å². The molecule has 192 valence electrons. The highest BCUT2D eigenvalue weighted by Gasteiger charge is 2.44. The van der Waals surface area contributed by atoms with Crippen molar-refractivity contribution in [2.24, 2.45) is 0 Å². The minimum Gasteiger partial charge on any atom is -0.872 e. The maximum atomic E-state index is 13.8. The maximum Gasteiger partial charge on any atom is 0.295 e. The molecule has 0 radical (unpaired) electrons. The van der Waals surface area contributed by atoms with Gasteiger partial charge in [0.05, 0.1) is 26.7 Å². The summed E-state index contributed by atoms with van der Waals surface area (Å²) in [7, 11) is 4.04. The SMILES string of the molecule is Cc1cc(OCc2ccccc2)ccc1C([O-])=C1C(=O)C(=O)N(CCC[NH+](C)C)C1c1ccc(O)cc1. The Kier molecular flexibility index (Phi) is 7.94. The molecule has 7 heteroatoms. The average Bonchev–Trinajstić information content (AvgIpc) is 3.13. The minimum atomic E-state index is -0.807. The highest BCUT2D eigenvalue weighted by molar-refractivity contribution is 6.46. The number of carbonyl (C=O) groups excluding carboxylic acids is 2. The number of ketones is 1. The molecule has 1 heterocycles. The Morgan fingerprint density at radius 2 is 1.73 bits per heavy atom. The summed E-state index contributed by atoms with van der Waals surface area (Å²) in [4.78, 5) is 29.0. The van der Waals surface area contributed by atoms with Crippen molar-refractivity contribution in [1.82, 2.24) is 4.90 Å². The number of aromatic hydroxyl groups is 1. The third-order valence-corrected chi connectivity index (χ3v) is 6.50. The second-order valence-electron chi connectivity index (χ2n) is 9.63. The standard InChI is InChI=1S/C30H32N2O5/c1-20-18-24(37-19-21-8-5-4-6-9-21)14-15-25(20)28(34)26-27(22-10-12-23(33)13-11-22)32(30(36)29(26)35)17-7-16-31(2)3/h4-6,8-15,18,27,33-34H,7,16-17,19H2,1-3H3. The van der Waals surface area contributed by atoms with E-state index in [1.165, 1.54) is 21.9 Å². The number of amides is 1. The first-order chi connectivity index (χ1) is 17.8. The topological polar surface area (TPSA) is 94.3 Å². The van der Waals surface area contributed by atoms with Gasteiger partial charge in [0, 0.05) is 18.5 Å². The molecule has 1 aliphatic rings. The van der Waals surface area contributed by atoms with Gasteiger partial charge in [0.2, 0.25) is 5.78 Å². The predicted molar refractivity (Wildman–Crippen MR) is 139 cm³/mol. The van der Waals surface area contributed by atoms with Crippen LogP contribution >= 0.6 is 0 Å². The van der Waals surface area contributed by atoms with Crippen molar-refractivity contribution in [1.29, 1.82) is 0 Å². The van der Waals surface area contributed by atoms with Crippen molar-refractivity contribution < 1.29 is 29.4 Å². The molecule has 1 amide bonds. The van der Waals surface area contributed by atoms with Crippen molar-refractivity contribution in [2.75, 3.05) is 27.2 Å². The number of likely N-dealkylation sites (tertiary alicyclic amines) is 1. The molecule has 3 aromatic rings. The van der Waals surface area contributed by atoms with Gasteiger partial charge in [-0.3, -0.25) is 9.59 Å². The number of aryl methyl sites for hydroxylation is 1. The van der Waals surface area contributed by atoms with Crippen molar-refractivity contribution in [2.45, 2.75) is 26.0 Å². The molecule has 1 fully saturated rings. The number of carbonyl (C=O) groups is 2. The first-order valence-electron chi connectivity index (χ1n) is 12.4. The van der Waals surface area contributed by atoms with E-state index >= 15 is 0 Å². The van der Waals surface area contributed by atoms with Crippen LogP contribution in [-0.2, 0) is 16.2 Å². The molecule has 0 saturated carbocycles. The van der Waals surface area contributed by atoms with Gasteiger partial charge in [0.25, 0.3) is 5.91 Å². The molecule has 0 aromatic heterocycles. The Hall–Kier alpha value is -4.10. The first-order valence-corrected chi connectivity index (χ1v) is 12.4. The van der Waals surface area contributed by atoms with Crippen LogP contribution in [0, 0.1) is 6.92 Å². The van der Waals surface area contributed by atoms with E-state index in [1.54, 1.807) is 37.3 Å². The number of quaternary nitrogens is 1. The van der Waals surface area contributed by atoms with Crippen LogP contribution in [0.2, 0.25) is 0 Å². The number of hydrogen-bond acceptors (Lipinski definition) is 5. The van der Waals surface area contributed by atoms with Gasteiger partial charge >= 0.3 is 0 Å². The number of ether oxygens (including phenoxy) is 1. The van der Waals surface area contributed by atoms with Gasteiger partial charge in [-0.2, -0.15) is 0 Å². The molecular formula is C30H32N2O5. The maximum absolute atomic E-state index is 13.8. The zero-order chi connectivity index (χ0) is 26.5. The molecule has 0 bridgehead atoms. The predicted octanol–water partition coefficient (Wildman–Crippen LogP) is 2.04. The van der Waals surface area contributed by atoms with Crippen LogP contribution < -0.4 is 14.7 Å². The zero-order valence-corrected chi connectivity index (χ0v) is 21.4. The molecule has 7 nitrogen and oxygen atoms in total. The van der Waals surface area contributed by atoms with E-state index in [1.807, 2.05) is 44.4 Å². The molecule has 37 heavy (non-hydrogen) atoms. The lowest BCUT2D eigenvalue weighted by Crippen LogP contribution is -3.05. The molecule has 1 aliphatic heterocycles. The highest BCUT2D eigenvalue weighted by atomic mass is 16.5. The Morgan fingerprint density at radius 1 is 1.03 bits per heavy atom. The van der Waals surface area contributed by atoms with Gasteiger partial charge in [-0.05, 0) is 53.4 Å². The Labute approximate surface area is 217 Å². The average molecular weight is 501 g/mol. The zero-order valence-electron chi connectivity index (χ0n) is 21.4. The smallest absolute Gasteiger partial charge is 0.295 e. The number of rotatable bonds is 9. The lowest BCUT2D eigenvalue weighted by molar-refractivity contribution is -0.858. The van der Waals surface area contributed by atoms with Crippen molar-refractivity contribution in [3.63, 3.8) is 0 Å². The van der Waals surface area contributed by atoms with Crippen LogP contribution in [0.3, 0.4) is 0 Å². The third-order valence-electron chi connectivity index (χ3n) is 6.50. The van der Waals surface area contributed by atoms with Crippen LogP contribution in [-0.4, -0.2) is 48.9 Å². The Bertz CT molecular complexity index is 1300. The van der Waals surface area contributed by atoms with Crippen LogP contribution in [0.5, 0.6) is 11.5 Å². The van der Waals surface area contributed by atoms with E-state index in [4.69, 9.17) is 4.74 Å². The van der Waals surface area contributed by atoms with Gasteiger partial charge in [-0.25, -0.2) is 0 Å². The molecule has 0 aliphatic carbocycles. The highest BCUT2D eigenvalue weighted by Crippen LogP contribution is 2.39. The summed E-state index contributed by atoms with van der Waals surface area (Å²) in [6, 6.07) is 20.4. The van der Waals surface area contributed by atoms with E-state index in [0.717, 1.165) is 12.1 Å². The fourth-order valence-corrected chi connectivity index (χ4v) is 4.57. The second-order valence-corrected chi connectivity index (χ2v) is 9.63. The normalized spacial score (nSPS) is 17.0.